The summed E-state index contributed by atoms with van der Waals surface area (Å²) in [5.41, 5.74) is 6.82. The summed E-state index contributed by atoms with van der Waals surface area (Å²) in [7, 11) is 0. The van der Waals surface area contributed by atoms with Crippen LogP contribution in [0, 0.1) is 5.82 Å². The molecule has 0 aliphatic rings. The molecule has 5 nitrogen and oxygen atoms in total. The Labute approximate surface area is 116 Å². The maximum absolute atomic E-state index is 13.3. The Kier molecular flexibility index (Phi) is 4.02. The van der Waals surface area contributed by atoms with Gasteiger partial charge < -0.3 is 10.6 Å². The fraction of sp³-hybridized carbons (Fsp3) is 0.286. The molecule has 1 aromatic heterocycles. The third kappa shape index (κ3) is 2.64. The molecule has 6 heteroatoms. The normalized spacial score (nSPS) is 10.6. The Morgan fingerprint density at radius 1 is 1.45 bits per heavy atom. The van der Waals surface area contributed by atoms with E-state index in [9.17, 15) is 9.18 Å². The highest BCUT2D eigenvalue weighted by atomic mass is 19.1. The SMILES string of the molecule is CCN(C(=O)c1nn(CC)cc1N)c1cccc(F)c1. The lowest BCUT2D eigenvalue weighted by Crippen LogP contribution is -2.31. The van der Waals surface area contributed by atoms with Gasteiger partial charge >= 0.3 is 0 Å². The number of amides is 1. The first-order valence-electron chi connectivity index (χ1n) is 6.47. The van der Waals surface area contributed by atoms with E-state index in [1.807, 2.05) is 13.8 Å². The first kappa shape index (κ1) is 14.0. The van der Waals surface area contributed by atoms with Crippen molar-refractivity contribution in [1.82, 2.24) is 9.78 Å². The van der Waals surface area contributed by atoms with Crippen LogP contribution < -0.4 is 10.6 Å². The van der Waals surface area contributed by atoms with Gasteiger partial charge in [0.2, 0.25) is 0 Å². The van der Waals surface area contributed by atoms with Gasteiger partial charge in [-0.15, -0.1) is 0 Å². The minimum atomic E-state index is -0.388. The number of aryl methyl sites for hydroxylation is 1. The molecule has 0 aliphatic heterocycles. The molecule has 0 bridgehead atoms. The number of carbonyl (C=O) groups excluding carboxylic acids is 1. The van der Waals surface area contributed by atoms with E-state index in [1.54, 1.807) is 23.0 Å². The van der Waals surface area contributed by atoms with E-state index in [0.717, 1.165) is 0 Å². The minimum absolute atomic E-state index is 0.193. The number of rotatable bonds is 4. The zero-order valence-electron chi connectivity index (χ0n) is 11.5. The molecule has 0 radical (unpaired) electrons. The predicted octanol–water partition coefficient (Wildman–Crippen LogP) is 2.29. The molecule has 20 heavy (non-hydrogen) atoms. The van der Waals surface area contributed by atoms with Crippen LogP contribution in [0.25, 0.3) is 0 Å². The summed E-state index contributed by atoms with van der Waals surface area (Å²) >= 11 is 0. The second kappa shape index (κ2) is 5.73. The second-order valence-electron chi connectivity index (χ2n) is 4.32. The number of carbonyl (C=O) groups is 1. The monoisotopic (exact) mass is 276 g/mol. The summed E-state index contributed by atoms with van der Waals surface area (Å²) in [5.74, 6) is -0.719. The molecule has 0 atom stereocenters. The van der Waals surface area contributed by atoms with E-state index in [0.29, 0.717) is 24.5 Å². The fourth-order valence-corrected chi connectivity index (χ4v) is 1.98. The van der Waals surface area contributed by atoms with Crippen molar-refractivity contribution in [1.29, 1.82) is 0 Å². The second-order valence-corrected chi connectivity index (χ2v) is 4.32. The lowest BCUT2D eigenvalue weighted by molar-refractivity contribution is 0.0983. The summed E-state index contributed by atoms with van der Waals surface area (Å²) in [6.07, 6.45) is 1.62. The first-order chi connectivity index (χ1) is 9.56. The molecule has 2 aromatic rings. The van der Waals surface area contributed by atoms with Crippen LogP contribution in [-0.2, 0) is 6.54 Å². The summed E-state index contributed by atoms with van der Waals surface area (Å²) in [4.78, 5) is 13.9. The molecule has 2 rings (SSSR count). The van der Waals surface area contributed by atoms with Crippen LogP contribution in [0.15, 0.2) is 30.5 Å². The maximum atomic E-state index is 13.3. The topological polar surface area (TPSA) is 64.2 Å². The van der Waals surface area contributed by atoms with Gasteiger partial charge in [0.25, 0.3) is 5.91 Å². The molecular weight excluding hydrogens is 259 g/mol. The smallest absolute Gasteiger partial charge is 0.280 e. The number of hydrogen-bond donors (Lipinski definition) is 1. The van der Waals surface area contributed by atoms with E-state index in [2.05, 4.69) is 5.10 Å². The number of anilines is 2. The van der Waals surface area contributed by atoms with Gasteiger partial charge in [0.15, 0.2) is 5.69 Å². The van der Waals surface area contributed by atoms with Crippen molar-refractivity contribution in [2.75, 3.05) is 17.2 Å². The van der Waals surface area contributed by atoms with E-state index in [1.165, 1.54) is 17.0 Å². The van der Waals surface area contributed by atoms with Gasteiger partial charge in [-0.2, -0.15) is 5.10 Å². The highest BCUT2D eigenvalue weighted by Crippen LogP contribution is 2.20. The van der Waals surface area contributed by atoms with Crippen LogP contribution in [0.1, 0.15) is 24.3 Å². The number of nitrogens with zero attached hydrogens (tertiary/aromatic N) is 3. The van der Waals surface area contributed by atoms with Crippen LogP contribution in [0.5, 0.6) is 0 Å². The third-order valence-corrected chi connectivity index (χ3v) is 3.00. The molecule has 1 amide bonds. The van der Waals surface area contributed by atoms with Crippen molar-refractivity contribution in [3.05, 3.63) is 42.0 Å². The molecule has 0 unspecified atom stereocenters. The number of aromatic nitrogens is 2. The van der Waals surface area contributed by atoms with Crippen LogP contribution in [0.2, 0.25) is 0 Å². The predicted molar refractivity (Wildman–Crippen MR) is 76.1 cm³/mol. The van der Waals surface area contributed by atoms with Gasteiger partial charge in [-0.3, -0.25) is 9.48 Å². The fourth-order valence-electron chi connectivity index (χ4n) is 1.98. The molecule has 1 aromatic carbocycles. The van der Waals surface area contributed by atoms with Crippen molar-refractivity contribution in [3.63, 3.8) is 0 Å². The minimum Gasteiger partial charge on any atom is -0.396 e. The third-order valence-electron chi connectivity index (χ3n) is 3.00. The van der Waals surface area contributed by atoms with Crippen molar-refractivity contribution in [2.45, 2.75) is 20.4 Å². The average Bonchev–Trinajstić information content (AvgIpc) is 2.81. The van der Waals surface area contributed by atoms with E-state index >= 15 is 0 Å². The van der Waals surface area contributed by atoms with Gasteiger partial charge in [-0.25, -0.2) is 4.39 Å². The Bertz CT molecular complexity index is 623. The average molecular weight is 276 g/mol. The first-order valence-corrected chi connectivity index (χ1v) is 6.47. The Hall–Kier alpha value is -2.37. The van der Waals surface area contributed by atoms with E-state index < -0.39 is 0 Å². The van der Waals surface area contributed by atoms with Gasteiger partial charge in [0, 0.05) is 25.0 Å². The highest BCUT2D eigenvalue weighted by Gasteiger charge is 2.22. The van der Waals surface area contributed by atoms with Crippen LogP contribution in [-0.4, -0.2) is 22.2 Å². The zero-order valence-corrected chi connectivity index (χ0v) is 11.5. The van der Waals surface area contributed by atoms with Gasteiger partial charge in [-0.05, 0) is 32.0 Å². The number of nitrogens with two attached hydrogens (primary N) is 1. The Balaban J connectivity index is 2.36. The van der Waals surface area contributed by atoms with Crippen molar-refractivity contribution >= 4 is 17.3 Å². The Morgan fingerprint density at radius 3 is 2.75 bits per heavy atom. The van der Waals surface area contributed by atoms with Gasteiger partial charge in [0.05, 0.1) is 5.69 Å². The molecule has 0 saturated heterocycles. The van der Waals surface area contributed by atoms with E-state index in [-0.39, 0.29) is 17.4 Å². The van der Waals surface area contributed by atoms with Crippen molar-refractivity contribution < 1.29 is 9.18 Å². The molecule has 2 N–H and O–H groups in total. The summed E-state index contributed by atoms with van der Waals surface area (Å²) in [5, 5.41) is 4.15. The molecule has 0 fully saturated rings. The van der Waals surface area contributed by atoms with Gasteiger partial charge in [-0.1, -0.05) is 6.07 Å². The number of benzene rings is 1. The Morgan fingerprint density at radius 2 is 2.20 bits per heavy atom. The van der Waals surface area contributed by atoms with Crippen LogP contribution in [0.3, 0.4) is 0 Å². The van der Waals surface area contributed by atoms with E-state index in [4.69, 9.17) is 5.73 Å². The number of nitrogen functional groups attached to an aromatic ring is 1. The lowest BCUT2D eigenvalue weighted by Gasteiger charge is -2.20. The lowest BCUT2D eigenvalue weighted by atomic mass is 10.2. The summed E-state index contributed by atoms with van der Waals surface area (Å²) in [6, 6.07) is 5.89. The van der Waals surface area contributed by atoms with Crippen LogP contribution >= 0.6 is 0 Å². The maximum Gasteiger partial charge on any atom is 0.280 e. The largest absolute Gasteiger partial charge is 0.396 e. The molecule has 0 saturated carbocycles. The standard InChI is InChI=1S/C14H17FN4O/c1-3-18-9-12(16)13(17-18)14(20)19(4-2)11-7-5-6-10(15)8-11/h5-9H,3-4,16H2,1-2H3. The van der Waals surface area contributed by atoms with Crippen molar-refractivity contribution in [3.8, 4) is 0 Å². The van der Waals surface area contributed by atoms with Crippen molar-refractivity contribution in [2.24, 2.45) is 0 Å². The summed E-state index contributed by atoms with van der Waals surface area (Å²) in [6.45, 7) is 4.75. The molecule has 0 spiro atoms. The molecule has 1 heterocycles. The number of hydrogen-bond acceptors (Lipinski definition) is 3. The quantitative estimate of drug-likeness (QED) is 0.931. The van der Waals surface area contributed by atoms with Crippen LogP contribution in [0.4, 0.5) is 15.8 Å². The van der Waals surface area contributed by atoms with Gasteiger partial charge in [0.1, 0.15) is 5.82 Å². The molecule has 0 aliphatic carbocycles. The zero-order chi connectivity index (χ0) is 14.7. The summed E-state index contributed by atoms with van der Waals surface area (Å²) < 4.78 is 14.9. The highest BCUT2D eigenvalue weighted by molar-refractivity contribution is 6.07. The molecular formula is C14H17FN4O. The molecule has 106 valence electrons. The number of halogens is 1.